The largest absolute Gasteiger partial charge is 0.339 e. The van der Waals surface area contributed by atoms with Crippen molar-refractivity contribution < 1.29 is 0 Å². The second kappa shape index (κ2) is 4.65. The van der Waals surface area contributed by atoms with Gasteiger partial charge in [-0.3, -0.25) is 0 Å². The van der Waals surface area contributed by atoms with Gasteiger partial charge in [-0.1, -0.05) is 17.7 Å². The molecule has 0 unspecified atom stereocenters. The Bertz CT molecular complexity index is 532. The van der Waals surface area contributed by atoms with Crippen LogP contribution in [0.2, 0.25) is 5.02 Å². The first-order valence-corrected chi connectivity index (χ1v) is 5.05. The van der Waals surface area contributed by atoms with Gasteiger partial charge in [-0.2, -0.15) is 5.26 Å². The fraction of sp³-hybridized carbons (Fsp3) is 0. The summed E-state index contributed by atoms with van der Waals surface area (Å²) in [4.78, 5) is 4.12. The molecule has 2 rings (SSSR count). The molecule has 4 heteroatoms. The van der Waals surface area contributed by atoms with Crippen LogP contribution in [0, 0.1) is 11.3 Å². The second-order valence-corrected chi connectivity index (χ2v) is 3.58. The van der Waals surface area contributed by atoms with Crippen molar-refractivity contribution in [2.45, 2.75) is 0 Å². The van der Waals surface area contributed by atoms with Crippen LogP contribution in [-0.4, -0.2) is 4.98 Å². The summed E-state index contributed by atoms with van der Waals surface area (Å²) in [7, 11) is 0. The van der Waals surface area contributed by atoms with Gasteiger partial charge in [0, 0.05) is 11.2 Å². The van der Waals surface area contributed by atoms with Gasteiger partial charge < -0.3 is 5.32 Å². The Kier molecular flexibility index (Phi) is 3.04. The molecule has 0 aliphatic carbocycles. The molecule has 1 aromatic carbocycles. The van der Waals surface area contributed by atoms with Crippen LogP contribution in [0.15, 0.2) is 42.6 Å². The summed E-state index contributed by atoms with van der Waals surface area (Å²) in [6, 6.07) is 12.7. The van der Waals surface area contributed by atoms with E-state index in [4.69, 9.17) is 16.9 Å². The topological polar surface area (TPSA) is 48.7 Å². The van der Waals surface area contributed by atoms with E-state index in [9.17, 15) is 0 Å². The van der Waals surface area contributed by atoms with Crippen molar-refractivity contribution >= 4 is 23.1 Å². The summed E-state index contributed by atoms with van der Waals surface area (Å²) in [5.74, 6) is 0.682. The maximum Gasteiger partial charge on any atom is 0.130 e. The van der Waals surface area contributed by atoms with Gasteiger partial charge in [0.15, 0.2) is 0 Å². The van der Waals surface area contributed by atoms with Crippen molar-refractivity contribution in [3.8, 4) is 6.07 Å². The first kappa shape index (κ1) is 10.5. The van der Waals surface area contributed by atoms with Gasteiger partial charge >= 0.3 is 0 Å². The molecule has 0 aliphatic heterocycles. The Balaban J connectivity index is 2.35. The zero-order valence-corrected chi connectivity index (χ0v) is 9.07. The number of nitriles is 1. The number of benzene rings is 1. The number of anilines is 2. The van der Waals surface area contributed by atoms with Gasteiger partial charge in [-0.05, 0) is 30.3 Å². The van der Waals surface area contributed by atoms with Gasteiger partial charge in [0.05, 0.1) is 11.3 Å². The van der Waals surface area contributed by atoms with E-state index >= 15 is 0 Å². The number of pyridine rings is 1. The summed E-state index contributed by atoms with van der Waals surface area (Å²) < 4.78 is 0. The lowest BCUT2D eigenvalue weighted by Gasteiger charge is -2.07. The third kappa shape index (κ3) is 2.30. The Labute approximate surface area is 98.3 Å². The molecular weight excluding hydrogens is 222 g/mol. The van der Waals surface area contributed by atoms with Crippen LogP contribution < -0.4 is 5.32 Å². The van der Waals surface area contributed by atoms with Crippen LogP contribution >= 0.6 is 11.6 Å². The smallest absolute Gasteiger partial charge is 0.130 e. The normalized spacial score (nSPS) is 9.50. The maximum atomic E-state index is 8.93. The molecule has 1 N–H and O–H groups in total. The van der Waals surface area contributed by atoms with E-state index < -0.39 is 0 Å². The molecule has 0 fully saturated rings. The fourth-order valence-electron chi connectivity index (χ4n) is 1.29. The number of hydrogen-bond donors (Lipinski definition) is 1. The molecule has 16 heavy (non-hydrogen) atoms. The van der Waals surface area contributed by atoms with E-state index in [1.807, 2.05) is 18.2 Å². The number of halogens is 1. The molecule has 0 bridgehead atoms. The summed E-state index contributed by atoms with van der Waals surface area (Å²) >= 11 is 5.87. The van der Waals surface area contributed by atoms with Crippen molar-refractivity contribution in [1.82, 2.24) is 4.98 Å². The van der Waals surface area contributed by atoms with Crippen molar-refractivity contribution in [1.29, 1.82) is 5.26 Å². The highest BCUT2D eigenvalue weighted by atomic mass is 35.5. The van der Waals surface area contributed by atoms with Crippen LogP contribution in [0.4, 0.5) is 11.5 Å². The zero-order chi connectivity index (χ0) is 11.4. The highest BCUT2D eigenvalue weighted by Gasteiger charge is 2.03. The molecule has 0 radical (unpaired) electrons. The third-order valence-corrected chi connectivity index (χ3v) is 2.26. The molecule has 0 atom stereocenters. The van der Waals surface area contributed by atoms with Crippen molar-refractivity contribution in [3.63, 3.8) is 0 Å². The Hall–Kier alpha value is -2.05. The zero-order valence-electron chi connectivity index (χ0n) is 8.31. The lowest BCUT2D eigenvalue weighted by Crippen LogP contribution is -1.95. The average Bonchev–Trinajstić information content (AvgIpc) is 2.31. The molecule has 0 aliphatic rings. The Morgan fingerprint density at radius 2 is 2.12 bits per heavy atom. The molecule has 2 aromatic rings. The standard InChI is InChI=1S/C12H8ClN3/c13-10-5-4-9(8-14)11(7-10)16-12-3-1-2-6-15-12/h1-7H,(H,15,16). The van der Waals surface area contributed by atoms with Gasteiger partial charge in [-0.15, -0.1) is 0 Å². The van der Waals surface area contributed by atoms with E-state index in [0.29, 0.717) is 22.1 Å². The number of nitrogens with zero attached hydrogens (tertiary/aromatic N) is 2. The molecule has 78 valence electrons. The molecule has 3 nitrogen and oxygen atoms in total. The van der Waals surface area contributed by atoms with E-state index in [2.05, 4.69) is 16.4 Å². The Morgan fingerprint density at radius 1 is 1.25 bits per heavy atom. The van der Waals surface area contributed by atoms with E-state index in [1.54, 1.807) is 24.4 Å². The Morgan fingerprint density at radius 3 is 2.81 bits per heavy atom. The predicted octanol–water partition coefficient (Wildman–Crippen LogP) is 3.35. The maximum absolute atomic E-state index is 8.93. The summed E-state index contributed by atoms with van der Waals surface area (Å²) in [6.07, 6.45) is 1.68. The highest BCUT2D eigenvalue weighted by molar-refractivity contribution is 6.30. The molecule has 0 spiro atoms. The number of rotatable bonds is 2. The number of nitrogens with one attached hydrogen (secondary N) is 1. The SMILES string of the molecule is N#Cc1ccc(Cl)cc1Nc1ccccn1. The van der Waals surface area contributed by atoms with Crippen LogP contribution in [-0.2, 0) is 0 Å². The lowest BCUT2D eigenvalue weighted by molar-refractivity contribution is 1.30. The molecule has 0 saturated heterocycles. The quantitative estimate of drug-likeness (QED) is 0.859. The summed E-state index contributed by atoms with van der Waals surface area (Å²) in [5, 5.41) is 12.6. The minimum atomic E-state index is 0.537. The highest BCUT2D eigenvalue weighted by Crippen LogP contribution is 2.23. The molecule has 0 amide bonds. The van der Waals surface area contributed by atoms with E-state index in [0.717, 1.165) is 0 Å². The molecular formula is C12H8ClN3. The van der Waals surface area contributed by atoms with Gasteiger partial charge in [0.1, 0.15) is 11.9 Å². The molecule has 0 saturated carbocycles. The number of aromatic nitrogens is 1. The third-order valence-electron chi connectivity index (χ3n) is 2.03. The van der Waals surface area contributed by atoms with Crippen LogP contribution in [0.25, 0.3) is 0 Å². The minimum absolute atomic E-state index is 0.537. The van der Waals surface area contributed by atoms with Gasteiger partial charge in [-0.25, -0.2) is 4.98 Å². The predicted molar refractivity (Wildman–Crippen MR) is 63.7 cm³/mol. The lowest BCUT2D eigenvalue weighted by atomic mass is 10.2. The summed E-state index contributed by atoms with van der Waals surface area (Å²) in [5.41, 5.74) is 1.20. The van der Waals surface area contributed by atoms with Crippen LogP contribution in [0.3, 0.4) is 0 Å². The van der Waals surface area contributed by atoms with Crippen molar-refractivity contribution in [3.05, 3.63) is 53.2 Å². The first-order chi connectivity index (χ1) is 7.79. The van der Waals surface area contributed by atoms with E-state index in [1.165, 1.54) is 0 Å². The van der Waals surface area contributed by atoms with Crippen molar-refractivity contribution in [2.24, 2.45) is 0 Å². The van der Waals surface area contributed by atoms with Crippen LogP contribution in [0.5, 0.6) is 0 Å². The van der Waals surface area contributed by atoms with Gasteiger partial charge in [0.2, 0.25) is 0 Å². The first-order valence-electron chi connectivity index (χ1n) is 4.67. The number of hydrogen-bond acceptors (Lipinski definition) is 3. The van der Waals surface area contributed by atoms with Crippen LogP contribution in [0.1, 0.15) is 5.56 Å². The second-order valence-electron chi connectivity index (χ2n) is 3.14. The summed E-state index contributed by atoms with van der Waals surface area (Å²) in [6.45, 7) is 0. The molecule has 1 heterocycles. The van der Waals surface area contributed by atoms with E-state index in [-0.39, 0.29) is 0 Å². The average molecular weight is 230 g/mol. The monoisotopic (exact) mass is 229 g/mol. The minimum Gasteiger partial charge on any atom is -0.339 e. The van der Waals surface area contributed by atoms with Crippen molar-refractivity contribution in [2.75, 3.05) is 5.32 Å². The van der Waals surface area contributed by atoms with Gasteiger partial charge in [0.25, 0.3) is 0 Å². The fourth-order valence-corrected chi connectivity index (χ4v) is 1.46. The molecule has 1 aromatic heterocycles.